The predicted octanol–water partition coefficient (Wildman–Crippen LogP) is 3.34. The van der Waals surface area contributed by atoms with Gasteiger partial charge in [-0.25, -0.2) is 9.36 Å². The fourth-order valence-corrected chi connectivity index (χ4v) is 3.72. The van der Waals surface area contributed by atoms with Gasteiger partial charge < -0.3 is 5.32 Å². The van der Waals surface area contributed by atoms with E-state index in [0.717, 1.165) is 15.7 Å². The molecule has 1 aromatic heterocycles. The number of amides is 1. The van der Waals surface area contributed by atoms with Gasteiger partial charge in [-0.15, -0.1) is 0 Å². The molecule has 1 atom stereocenters. The van der Waals surface area contributed by atoms with E-state index in [9.17, 15) is 14.4 Å². The van der Waals surface area contributed by atoms with Crippen molar-refractivity contribution < 1.29 is 4.79 Å². The van der Waals surface area contributed by atoms with E-state index in [4.69, 9.17) is 0 Å². The van der Waals surface area contributed by atoms with Crippen molar-refractivity contribution in [2.75, 3.05) is 0 Å². The maximum Gasteiger partial charge on any atom is 0.336 e. The number of nitrogens with one attached hydrogen (secondary N) is 1. The van der Waals surface area contributed by atoms with Crippen molar-refractivity contribution in [1.29, 1.82) is 0 Å². The van der Waals surface area contributed by atoms with Gasteiger partial charge in [-0.1, -0.05) is 54.6 Å². The molecular formula is C25H23N3O3. The van der Waals surface area contributed by atoms with Crippen LogP contribution in [0.1, 0.15) is 24.1 Å². The van der Waals surface area contributed by atoms with Gasteiger partial charge in [0.25, 0.3) is 5.56 Å². The summed E-state index contributed by atoms with van der Waals surface area (Å²) in [6, 6.07) is 23.4. The molecule has 0 aliphatic heterocycles. The lowest BCUT2D eigenvalue weighted by atomic mass is 10.1. The number of benzene rings is 3. The molecule has 0 spiro atoms. The van der Waals surface area contributed by atoms with Gasteiger partial charge >= 0.3 is 5.69 Å². The van der Waals surface area contributed by atoms with Crippen LogP contribution in [0.4, 0.5) is 0 Å². The van der Waals surface area contributed by atoms with E-state index in [1.807, 2.05) is 50.2 Å². The first-order valence-electron chi connectivity index (χ1n) is 10.1. The Bertz CT molecular complexity index is 1370. The quantitative estimate of drug-likeness (QED) is 0.545. The summed E-state index contributed by atoms with van der Waals surface area (Å²) in [6.07, 6.45) is 0. The molecule has 31 heavy (non-hydrogen) atoms. The van der Waals surface area contributed by atoms with Crippen molar-refractivity contribution in [2.45, 2.75) is 26.4 Å². The average Bonchev–Trinajstić information content (AvgIpc) is 2.77. The lowest BCUT2D eigenvalue weighted by Crippen LogP contribution is -2.42. The first kappa shape index (κ1) is 20.3. The first-order valence-corrected chi connectivity index (χ1v) is 10.1. The largest absolute Gasteiger partial charge is 0.348 e. The third-order valence-corrected chi connectivity index (χ3v) is 5.29. The molecule has 1 heterocycles. The van der Waals surface area contributed by atoms with E-state index in [-0.39, 0.29) is 18.5 Å². The minimum atomic E-state index is -0.545. The highest BCUT2D eigenvalue weighted by molar-refractivity contribution is 5.82. The van der Waals surface area contributed by atoms with Crippen LogP contribution in [0.15, 0.2) is 88.5 Å². The zero-order chi connectivity index (χ0) is 22.0. The van der Waals surface area contributed by atoms with Gasteiger partial charge in [0.2, 0.25) is 5.91 Å². The Balaban J connectivity index is 1.78. The van der Waals surface area contributed by atoms with Crippen LogP contribution < -0.4 is 16.6 Å². The summed E-state index contributed by atoms with van der Waals surface area (Å²) < 4.78 is 2.48. The molecular weight excluding hydrogens is 390 g/mol. The molecule has 0 bridgehead atoms. The topological polar surface area (TPSA) is 73.1 Å². The summed E-state index contributed by atoms with van der Waals surface area (Å²) >= 11 is 0. The fraction of sp³-hybridized carbons (Fsp3) is 0.160. The Labute approximate surface area is 179 Å². The lowest BCUT2D eigenvalue weighted by Gasteiger charge is -2.17. The third kappa shape index (κ3) is 4.05. The van der Waals surface area contributed by atoms with E-state index >= 15 is 0 Å². The second-order valence-electron chi connectivity index (χ2n) is 7.57. The summed E-state index contributed by atoms with van der Waals surface area (Å²) in [5, 5.41) is 3.32. The van der Waals surface area contributed by atoms with Gasteiger partial charge in [0.1, 0.15) is 6.54 Å². The van der Waals surface area contributed by atoms with Crippen LogP contribution in [-0.2, 0) is 11.3 Å². The van der Waals surface area contributed by atoms with Crippen LogP contribution in [0, 0.1) is 6.92 Å². The van der Waals surface area contributed by atoms with Crippen molar-refractivity contribution in [2.24, 2.45) is 0 Å². The van der Waals surface area contributed by atoms with Crippen LogP contribution in [-0.4, -0.2) is 15.0 Å². The second-order valence-corrected chi connectivity index (χ2v) is 7.57. The van der Waals surface area contributed by atoms with Crippen molar-refractivity contribution in [3.63, 3.8) is 0 Å². The maximum atomic E-state index is 13.4. The van der Waals surface area contributed by atoms with Crippen molar-refractivity contribution in [3.8, 4) is 5.69 Å². The van der Waals surface area contributed by atoms with Crippen molar-refractivity contribution in [3.05, 3.63) is 111 Å². The normalized spacial score (nSPS) is 11.9. The van der Waals surface area contributed by atoms with Gasteiger partial charge in [0, 0.05) is 0 Å². The Morgan fingerprint density at radius 2 is 1.65 bits per heavy atom. The van der Waals surface area contributed by atoms with E-state index in [1.54, 1.807) is 42.5 Å². The van der Waals surface area contributed by atoms with Crippen LogP contribution >= 0.6 is 0 Å². The molecule has 1 N–H and O–H groups in total. The first-order chi connectivity index (χ1) is 15.0. The molecule has 6 heteroatoms. The smallest absolute Gasteiger partial charge is 0.336 e. The third-order valence-electron chi connectivity index (χ3n) is 5.29. The SMILES string of the molecule is Cc1cccc(-n2c(=O)c3ccccc3n(CC(=O)N[C@@H](C)c3ccccc3)c2=O)c1. The fourth-order valence-electron chi connectivity index (χ4n) is 3.72. The van der Waals surface area contributed by atoms with Crippen LogP contribution in [0.2, 0.25) is 0 Å². The van der Waals surface area contributed by atoms with Crippen LogP contribution in [0.3, 0.4) is 0 Å². The van der Waals surface area contributed by atoms with Gasteiger partial charge in [-0.2, -0.15) is 0 Å². The molecule has 6 nitrogen and oxygen atoms in total. The van der Waals surface area contributed by atoms with Gasteiger partial charge in [-0.3, -0.25) is 14.2 Å². The lowest BCUT2D eigenvalue weighted by molar-refractivity contribution is -0.122. The van der Waals surface area contributed by atoms with Gasteiger partial charge in [0.15, 0.2) is 0 Å². The van der Waals surface area contributed by atoms with E-state index in [0.29, 0.717) is 16.6 Å². The zero-order valence-corrected chi connectivity index (χ0v) is 17.4. The zero-order valence-electron chi connectivity index (χ0n) is 17.4. The summed E-state index contributed by atoms with van der Waals surface area (Å²) in [6.45, 7) is 3.59. The number of hydrogen-bond acceptors (Lipinski definition) is 3. The second kappa shape index (κ2) is 8.44. The van der Waals surface area contributed by atoms with E-state index < -0.39 is 11.2 Å². The van der Waals surface area contributed by atoms with Crippen molar-refractivity contribution >= 4 is 16.8 Å². The van der Waals surface area contributed by atoms with Crippen molar-refractivity contribution in [1.82, 2.24) is 14.5 Å². The van der Waals surface area contributed by atoms with E-state index in [1.165, 1.54) is 4.57 Å². The molecule has 0 unspecified atom stereocenters. The number of rotatable bonds is 5. The Morgan fingerprint density at radius 3 is 2.39 bits per heavy atom. The molecule has 1 amide bonds. The van der Waals surface area contributed by atoms with Gasteiger partial charge in [-0.05, 0) is 49.2 Å². The summed E-state index contributed by atoms with van der Waals surface area (Å²) in [7, 11) is 0. The highest BCUT2D eigenvalue weighted by atomic mass is 16.2. The minimum absolute atomic E-state index is 0.192. The number of aromatic nitrogens is 2. The molecule has 156 valence electrons. The summed E-state index contributed by atoms with van der Waals surface area (Å²) in [5.41, 5.74) is 1.87. The van der Waals surface area contributed by atoms with Crippen LogP contribution in [0.5, 0.6) is 0 Å². The molecule has 4 rings (SSSR count). The molecule has 0 saturated carbocycles. The number of hydrogen-bond donors (Lipinski definition) is 1. The molecule has 0 radical (unpaired) electrons. The highest BCUT2D eigenvalue weighted by Gasteiger charge is 2.17. The Hall–Kier alpha value is -3.93. The molecule has 0 fully saturated rings. The standard InChI is InChI=1S/C25H23N3O3/c1-17-9-8-12-20(15-17)28-24(30)21-13-6-7-14-22(21)27(25(28)31)16-23(29)26-18(2)19-10-4-3-5-11-19/h3-15,18H,16H2,1-2H3,(H,26,29)/t18-/m0/s1. The predicted molar refractivity (Wildman–Crippen MR) is 122 cm³/mol. The summed E-state index contributed by atoms with van der Waals surface area (Å²) in [5.74, 6) is -0.307. The monoisotopic (exact) mass is 413 g/mol. The Morgan fingerprint density at radius 1 is 0.935 bits per heavy atom. The average molecular weight is 413 g/mol. The Kier molecular flexibility index (Phi) is 5.54. The molecule has 0 saturated heterocycles. The maximum absolute atomic E-state index is 13.4. The van der Waals surface area contributed by atoms with Crippen LogP contribution in [0.25, 0.3) is 16.6 Å². The van der Waals surface area contributed by atoms with Gasteiger partial charge in [0.05, 0.1) is 22.6 Å². The number of carbonyl (C=O) groups is 1. The molecule has 0 aliphatic carbocycles. The molecule has 4 aromatic rings. The van der Waals surface area contributed by atoms with E-state index in [2.05, 4.69) is 5.32 Å². The number of para-hydroxylation sites is 1. The number of fused-ring (bicyclic) bond motifs is 1. The summed E-state index contributed by atoms with van der Waals surface area (Å²) in [4.78, 5) is 39.3. The molecule has 0 aliphatic rings. The minimum Gasteiger partial charge on any atom is -0.348 e. The molecule has 3 aromatic carbocycles. The number of aryl methyl sites for hydroxylation is 1. The highest BCUT2D eigenvalue weighted by Crippen LogP contribution is 2.13. The number of nitrogens with zero attached hydrogens (tertiary/aromatic N) is 2. The number of carbonyl (C=O) groups excluding carboxylic acids is 1.